The van der Waals surface area contributed by atoms with E-state index in [4.69, 9.17) is 0 Å². The molecule has 3 aromatic carbocycles. The van der Waals surface area contributed by atoms with Gasteiger partial charge >= 0.3 is 0 Å². The van der Waals surface area contributed by atoms with Gasteiger partial charge in [0, 0.05) is 12.1 Å². The van der Waals surface area contributed by atoms with Crippen molar-refractivity contribution >= 4 is 31.4 Å². The van der Waals surface area contributed by atoms with Gasteiger partial charge in [0.1, 0.15) is 0 Å². The maximum absolute atomic E-state index is 13.5. The van der Waals surface area contributed by atoms with Crippen LogP contribution in [-0.4, -0.2) is 33.2 Å². The lowest BCUT2D eigenvalue weighted by Crippen LogP contribution is -2.27. The second-order valence-corrected chi connectivity index (χ2v) is 11.2. The molecule has 1 aliphatic heterocycles. The number of benzene rings is 3. The minimum Gasteiger partial charge on any atom is -0.284 e. The van der Waals surface area contributed by atoms with E-state index < -0.39 is 26.1 Å². The Balaban J connectivity index is 1.75. The van der Waals surface area contributed by atoms with Crippen LogP contribution in [0, 0.1) is 6.92 Å². The summed E-state index contributed by atoms with van der Waals surface area (Å²) in [6, 6.07) is 22.2. The molecule has 0 bridgehead atoms. The van der Waals surface area contributed by atoms with E-state index in [-0.39, 0.29) is 4.90 Å². The van der Waals surface area contributed by atoms with E-state index >= 15 is 0 Å². The van der Waals surface area contributed by atoms with Gasteiger partial charge in [0.2, 0.25) is 10.0 Å². The van der Waals surface area contributed by atoms with E-state index in [2.05, 4.69) is 9.82 Å². The first kappa shape index (κ1) is 22.0. The molecule has 3 aromatic rings. The first-order chi connectivity index (χ1) is 15.1. The van der Waals surface area contributed by atoms with Crippen molar-refractivity contribution < 1.29 is 16.8 Å². The van der Waals surface area contributed by atoms with Gasteiger partial charge < -0.3 is 0 Å². The van der Waals surface area contributed by atoms with Crippen LogP contribution < -0.4 is 4.72 Å². The molecule has 0 amide bonds. The molecular formula is C23H23N3O4S2. The van der Waals surface area contributed by atoms with Gasteiger partial charge in [-0.1, -0.05) is 54.6 Å². The van der Waals surface area contributed by atoms with E-state index in [1.54, 1.807) is 54.6 Å². The summed E-state index contributed by atoms with van der Waals surface area (Å²) in [5, 5.41) is 4.53. The molecule has 0 saturated carbocycles. The molecule has 1 aliphatic rings. The van der Waals surface area contributed by atoms with Crippen molar-refractivity contribution in [3.05, 3.63) is 95.6 Å². The van der Waals surface area contributed by atoms with E-state index in [1.807, 2.05) is 31.2 Å². The summed E-state index contributed by atoms with van der Waals surface area (Å²) in [4.78, 5) is 0.177. The highest BCUT2D eigenvalue weighted by molar-refractivity contribution is 7.92. The number of hydrogen-bond donors (Lipinski definition) is 1. The van der Waals surface area contributed by atoms with E-state index in [9.17, 15) is 16.8 Å². The molecule has 1 heterocycles. The number of nitrogens with one attached hydrogen (secondary N) is 1. The number of aryl methyl sites for hydroxylation is 1. The van der Waals surface area contributed by atoms with Crippen LogP contribution in [0.4, 0.5) is 5.69 Å². The molecule has 166 valence electrons. The molecule has 1 N–H and O–H groups in total. The summed E-state index contributed by atoms with van der Waals surface area (Å²) >= 11 is 0. The molecule has 0 fully saturated rings. The van der Waals surface area contributed by atoms with Crippen LogP contribution >= 0.6 is 0 Å². The lowest BCUT2D eigenvalue weighted by Gasteiger charge is -2.24. The first-order valence-electron chi connectivity index (χ1n) is 9.96. The molecule has 0 radical (unpaired) electrons. The number of sulfonamides is 2. The Bertz CT molecular complexity index is 1370. The van der Waals surface area contributed by atoms with Crippen molar-refractivity contribution in [3.8, 4) is 0 Å². The van der Waals surface area contributed by atoms with Crippen LogP contribution in [0.2, 0.25) is 0 Å². The second-order valence-electron chi connectivity index (χ2n) is 7.67. The summed E-state index contributed by atoms with van der Waals surface area (Å²) in [6.45, 7) is 1.95. The highest BCUT2D eigenvalue weighted by atomic mass is 32.2. The van der Waals surface area contributed by atoms with Crippen molar-refractivity contribution in [3.63, 3.8) is 0 Å². The average Bonchev–Trinajstić information content (AvgIpc) is 3.20. The standard InChI is InChI=1S/C23H23N3O4S2/c1-17-8-6-7-11-21(17)23-16-22(18-12-14-19(15-13-18)25-31(2,27)28)24-26(23)32(29,30)20-9-4-3-5-10-20/h3-15,23,25H,16H2,1-2H3. The minimum atomic E-state index is -3.87. The predicted molar refractivity (Wildman–Crippen MR) is 125 cm³/mol. The smallest absolute Gasteiger partial charge is 0.279 e. The molecule has 32 heavy (non-hydrogen) atoms. The molecule has 0 spiro atoms. The fourth-order valence-electron chi connectivity index (χ4n) is 3.72. The van der Waals surface area contributed by atoms with Gasteiger partial charge in [-0.3, -0.25) is 4.72 Å². The molecular weight excluding hydrogens is 446 g/mol. The third-order valence-corrected chi connectivity index (χ3v) is 7.53. The van der Waals surface area contributed by atoms with Gasteiger partial charge in [-0.15, -0.1) is 0 Å². The van der Waals surface area contributed by atoms with E-state index in [0.717, 1.165) is 22.9 Å². The Morgan fingerprint density at radius 1 is 0.875 bits per heavy atom. The zero-order valence-electron chi connectivity index (χ0n) is 17.6. The van der Waals surface area contributed by atoms with Crippen LogP contribution in [0.1, 0.15) is 29.2 Å². The quantitative estimate of drug-likeness (QED) is 0.592. The topological polar surface area (TPSA) is 95.9 Å². The number of nitrogens with zero attached hydrogens (tertiary/aromatic N) is 2. The summed E-state index contributed by atoms with van der Waals surface area (Å²) in [7, 11) is -7.26. The molecule has 9 heteroatoms. The largest absolute Gasteiger partial charge is 0.284 e. The Hall–Kier alpha value is -3.17. The summed E-state index contributed by atoms with van der Waals surface area (Å²) in [5.74, 6) is 0. The third-order valence-electron chi connectivity index (χ3n) is 5.23. The van der Waals surface area contributed by atoms with Gasteiger partial charge in [0.15, 0.2) is 0 Å². The number of anilines is 1. The Kier molecular flexibility index (Phi) is 5.79. The Morgan fingerprint density at radius 2 is 1.50 bits per heavy atom. The molecule has 7 nitrogen and oxygen atoms in total. The zero-order valence-corrected chi connectivity index (χ0v) is 19.3. The summed E-state index contributed by atoms with van der Waals surface area (Å²) in [5.41, 5.74) is 3.65. The number of rotatable bonds is 6. The lowest BCUT2D eigenvalue weighted by molar-refractivity contribution is 0.370. The van der Waals surface area contributed by atoms with Crippen molar-refractivity contribution in [1.82, 2.24) is 4.41 Å². The van der Waals surface area contributed by atoms with Crippen molar-refractivity contribution in [2.24, 2.45) is 5.10 Å². The first-order valence-corrected chi connectivity index (χ1v) is 13.3. The SMILES string of the molecule is Cc1ccccc1C1CC(c2ccc(NS(C)(=O)=O)cc2)=NN1S(=O)(=O)c1ccccc1. The highest BCUT2D eigenvalue weighted by Gasteiger charge is 2.38. The molecule has 1 atom stereocenters. The third kappa shape index (κ3) is 4.53. The van der Waals surface area contributed by atoms with Gasteiger partial charge in [0.25, 0.3) is 10.0 Å². The minimum absolute atomic E-state index is 0.177. The second kappa shape index (κ2) is 8.40. The van der Waals surface area contributed by atoms with Gasteiger partial charge in [-0.25, -0.2) is 8.42 Å². The summed E-state index contributed by atoms with van der Waals surface area (Å²) in [6.07, 6.45) is 1.48. The lowest BCUT2D eigenvalue weighted by atomic mass is 9.96. The van der Waals surface area contributed by atoms with Crippen molar-refractivity contribution in [2.75, 3.05) is 11.0 Å². The molecule has 0 aromatic heterocycles. The maximum atomic E-state index is 13.5. The van der Waals surface area contributed by atoms with Crippen molar-refractivity contribution in [1.29, 1.82) is 0 Å². The van der Waals surface area contributed by atoms with Gasteiger partial charge in [-0.05, 0) is 47.9 Å². The molecule has 1 unspecified atom stereocenters. The fourth-order valence-corrected chi connectivity index (χ4v) is 5.73. The average molecular weight is 470 g/mol. The fraction of sp³-hybridized carbons (Fsp3) is 0.174. The monoisotopic (exact) mass is 469 g/mol. The normalized spacial score (nSPS) is 16.6. The van der Waals surface area contributed by atoms with E-state index in [0.29, 0.717) is 17.8 Å². The molecule has 0 aliphatic carbocycles. The number of hydrazone groups is 1. The Labute approximate surface area is 188 Å². The molecule has 0 saturated heterocycles. The van der Waals surface area contributed by atoms with Crippen molar-refractivity contribution in [2.45, 2.75) is 24.3 Å². The van der Waals surface area contributed by atoms with Crippen LogP contribution in [0.25, 0.3) is 0 Å². The number of hydrogen-bond acceptors (Lipinski definition) is 5. The van der Waals surface area contributed by atoms with Gasteiger partial charge in [-0.2, -0.15) is 17.9 Å². The van der Waals surface area contributed by atoms with E-state index in [1.165, 1.54) is 4.41 Å². The van der Waals surface area contributed by atoms with Crippen LogP contribution in [0.15, 0.2) is 88.9 Å². The predicted octanol–water partition coefficient (Wildman–Crippen LogP) is 3.91. The zero-order chi connectivity index (χ0) is 22.9. The van der Waals surface area contributed by atoms with Gasteiger partial charge in [0.05, 0.1) is 22.9 Å². The Morgan fingerprint density at radius 3 is 2.12 bits per heavy atom. The summed E-state index contributed by atoms with van der Waals surface area (Å²) < 4.78 is 53.4. The molecule has 4 rings (SSSR count). The van der Waals surface area contributed by atoms with Crippen LogP contribution in [-0.2, 0) is 20.0 Å². The van der Waals surface area contributed by atoms with Crippen LogP contribution in [0.3, 0.4) is 0 Å². The van der Waals surface area contributed by atoms with Crippen LogP contribution in [0.5, 0.6) is 0 Å². The highest BCUT2D eigenvalue weighted by Crippen LogP contribution is 2.38. The maximum Gasteiger partial charge on any atom is 0.279 e.